The van der Waals surface area contributed by atoms with Crippen molar-refractivity contribution in [2.75, 3.05) is 11.5 Å². The minimum atomic E-state index is 0.767. The molecular formula is C18H17N2P. The average Bonchev–Trinajstić information content (AvgIpc) is 2.49. The molecule has 0 amide bonds. The molecule has 0 aliphatic carbocycles. The zero-order chi connectivity index (χ0) is 14.8. The van der Waals surface area contributed by atoms with Gasteiger partial charge in [-0.15, -0.1) is 9.24 Å². The van der Waals surface area contributed by atoms with Gasteiger partial charge in [-0.3, -0.25) is 0 Å². The van der Waals surface area contributed by atoms with Crippen LogP contribution in [0.25, 0.3) is 22.3 Å². The zero-order valence-electron chi connectivity index (χ0n) is 11.6. The molecule has 0 spiro atoms. The van der Waals surface area contributed by atoms with Crippen molar-refractivity contribution in [2.24, 2.45) is 0 Å². The van der Waals surface area contributed by atoms with E-state index >= 15 is 0 Å². The fraction of sp³-hybridized carbons (Fsp3) is 0. The van der Waals surface area contributed by atoms with Crippen molar-refractivity contribution >= 4 is 25.9 Å². The summed E-state index contributed by atoms with van der Waals surface area (Å²) in [6, 6.07) is 22.0. The Bertz CT molecular complexity index is 797. The van der Waals surface area contributed by atoms with Crippen LogP contribution in [0.2, 0.25) is 0 Å². The summed E-state index contributed by atoms with van der Waals surface area (Å²) in [7, 11) is 2.79. The van der Waals surface area contributed by atoms with Gasteiger partial charge in [-0.05, 0) is 28.6 Å². The van der Waals surface area contributed by atoms with Crippen LogP contribution in [0.15, 0.2) is 66.7 Å². The Morgan fingerprint density at radius 1 is 0.571 bits per heavy atom. The van der Waals surface area contributed by atoms with E-state index in [0.29, 0.717) is 0 Å². The van der Waals surface area contributed by atoms with Crippen LogP contribution in [0.1, 0.15) is 0 Å². The van der Waals surface area contributed by atoms with E-state index in [1.165, 1.54) is 0 Å². The Hall–Kier alpha value is -2.31. The molecule has 0 aromatic heterocycles. The Morgan fingerprint density at radius 2 is 1.10 bits per heavy atom. The number of rotatable bonds is 2. The first-order valence-electron chi connectivity index (χ1n) is 6.76. The molecule has 3 rings (SSSR count). The second-order valence-corrected chi connectivity index (χ2v) is 5.57. The third kappa shape index (κ3) is 2.51. The molecule has 0 heterocycles. The standard InChI is InChI=1S/C18H17N2P/c19-15-9-3-1-6-12(15)13-8-5-11-17(21)18(13)14-7-2-4-10-16(14)20/h1-11H,19-21H2. The highest BCUT2D eigenvalue weighted by molar-refractivity contribution is 7.28. The maximum Gasteiger partial charge on any atom is 0.0394 e. The number of para-hydroxylation sites is 2. The van der Waals surface area contributed by atoms with Crippen LogP contribution in [-0.2, 0) is 0 Å². The van der Waals surface area contributed by atoms with E-state index in [0.717, 1.165) is 38.9 Å². The minimum Gasteiger partial charge on any atom is -0.398 e. The van der Waals surface area contributed by atoms with Crippen molar-refractivity contribution < 1.29 is 0 Å². The summed E-state index contributed by atoms with van der Waals surface area (Å²) in [4.78, 5) is 0. The molecule has 0 fully saturated rings. The second-order valence-electron chi connectivity index (χ2n) is 4.94. The van der Waals surface area contributed by atoms with Gasteiger partial charge in [0, 0.05) is 22.5 Å². The Balaban J connectivity index is 2.32. The number of hydrogen-bond donors (Lipinski definition) is 2. The highest BCUT2D eigenvalue weighted by Gasteiger charge is 2.13. The van der Waals surface area contributed by atoms with Crippen molar-refractivity contribution in [1.29, 1.82) is 0 Å². The third-order valence-electron chi connectivity index (χ3n) is 3.58. The lowest BCUT2D eigenvalue weighted by Crippen LogP contribution is -2.03. The van der Waals surface area contributed by atoms with Crippen LogP contribution >= 0.6 is 9.24 Å². The van der Waals surface area contributed by atoms with Gasteiger partial charge in [0.05, 0.1) is 0 Å². The number of benzene rings is 3. The molecule has 3 aromatic rings. The second kappa shape index (κ2) is 5.59. The molecule has 3 aromatic carbocycles. The van der Waals surface area contributed by atoms with Crippen molar-refractivity contribution in [3.63, 3.8) is 0 Å². The average molecular weight is 292 g/mol. The maximum atomic E-state index is 6.17. The van der Waals surface area contributed by atoms with Crippen molar-refractivity contribution in [1.82, 2.24) is 0 Å². The summed E-state index contributed by atoms with van der Waals surface area (Å²) in [5.74, 6) is 0. The summed E-state index contributed by atoms with van der Waals surface area (Å²) in [5, 5.41) is 1.11. The lowest BCUT2D eigenvalue weighted by Gasteiger charge is -2.16. The quantitative estimate of drug-likeness (QED) is 0.559. The predicted molar refractivity (Wildman–Crippen MR) is 95.5 cm³/mol. The predicted octanol–water partition coefficient (Wildman–Crippen LogP) is 3.69. The Labute approximate surface area is 127 Å². The normalized spacial score (nSPS) is 10.5. The molecule has 0 aliphatic heterocycles. The number of nitrogen functional groups attached to an aromatic ring is 2. The van der Waals surface area contributed by atoms with Crippen LogP contribution in [0, 0.1) is 0 Å². The fourth-order valence-electron chi connectivity index (χ4n) is 2.56. The van der Waals surface area contributed by atoms with Crippen LogP contribution in [0.5, 0.6) is 0 Å². The summed E-state index contributed by atoms with van der Waals surface area (Å²) in [6.45, 7) is 0. The Morgan fingerprint density at radius 3 is 1.71 bits per heavy atom. The highest BCUT2D eigenvalue weighted by atomic mass is 31.0. The van der Waals surface area contributed by atoms with Gasteiger partial charge in [-0.25, -0.2) is 0 Å². The molecule has 21 heavy (non-hydrogen) atoms. The van der Waals surface area contributed by atoms with Gasteiger partial charge >= 0.3 is 0 Å². The molecule has 104 valence electrons. The van der Waals surface area contributed by atoms with Gasteiger partial charge in [-0.1, -0.05) is 54.6 Å². The van der Waals surface area contributed by atoms with Crippen molar-refractivity contribution in [2.45, 2.75) is 0 Å². The van der Waals surface area contributed by atoms with Crippen LogP contribution in [0.4, 0.5) is 11.4 Å². The van der Waals surface area contributed by atoms with E-state index in [9.17, 15) is 0 Å². The van der Waals surface area contributed by atoms with Crippen LogP contribution in [-0.4, -0.2) is 0 Å². The smallest absolute Gasteiger partial charge is 0.0394 e. The van der Waals surface area contributed by atoms with E-state index in [2.05, 4.69) is 21.4 Å². The highest BCUT2D eigenvalue weighted by Crippen LogP contribution is 2.36. The molecule has 0 bridgehead atoms. The molecule has 0 radical (unpaired) electrons. The summed E-state index contributed by atoms with van der Waals surface area (Å²) < 4.78 is 0. The largest absolute Gasteiger partial charge is 0.398 e. The zero-order valence-corrected chi connectivity index (χ0v) is 12.7. The van der Waals surface area contributed by atoms with Gasteiger partial charge in [0.2, 0.25) is 0 Å². The van der Waals surface area contributed by atoms with E-state index in [1.807, 2.05) is 54.6 Å². The SMILES string of the molecule is Nc1ccccc1-c1cccc(P)c1-c1ccccc1N. The monoisotopic (exact) mass is 292 g/mol. The van der Waals surface area contributed by atoms with Gasteiger partial charge in [0.25, 0.3) is 0 Å². The summed E-state index contributed by atoms with van der Waals surface area (Å²) >= 11 is 0. The van der Waals surface area contributed by atoms with Gasteiger partial charge in [-0.2, -0.15) is 0 Å². The lowest BCUT2D eigenvalue weighted by molar-refractivity contribution is 1.59. The molecular weight excluding hydrogens is 275 g/mol. The molecule has 1 unspecified atom stereocenters. The topological polar surface area (TPSA) is 52.0 Å². The van der Waals surface area contributed by atoms with E-state index in [4.69, 9.17) is 11.5 Å². The summed E-state index contributed by atoms with van der Waals surface area (Å²) in [6.07, 6.45) is 0. The van der Waals surface area contributed by atoms with E-state index in [-0.39, 0.29) is 0 Å². The summed E-state index contributed by atoms with van der Waals surface area (Å²) in [5.41, 5.74) is 18.1. The molecule has 0 saturated carbocycles. The number of anilines is 2. The number of nitrogens with two attached hydrogens (primary N) is 2. The third-order valence-corrected chi connectivity index (χ3v) is 4.06. The van der Waals surface area contributed by atoms with Crippen molar-refractivity contribution in [3.05, 3.63) is 66.7 Å². The first-order valence-corrected chi connectivity index (χ1v) is 7.34. The lowest BCUT2D eigenvalue weighted by atomic mass is 9.93. The Kier molecular flexibility index (Phi) is 3.64. The van der Waals surface area contributed by atoms with Crippen LogP contribution in [0.3, 0.4) is 0 Å². The molecule has 0 aliphatic rings. The minimum absolute atomic E-state index is 0.767. The fourth-order valence-corrected chi connectivity index (χ4v) is 2.98. The van der Waals surface area contributed by atoms with Gasteiger partial charge in [0.1, 0.15) is 0 Å². The van der Waals surface area contributed by atoms with Crippen LogP contribution < -0.4 is 16.8 Å². The molecule has 0 saturated heterocycles. The first kappa shape index (κ1) is 13.7. The van der Waals surface area contributed by atoms with Crippen molar-refractivity contribution in [3.8, 4) is 22.3 Å². The van der Waals surface area contributed by atoms with E-state index in [1.54, 1.807) is 0 Å². The maximum absolute atomic E-state index is 6.17. The van der Waals surface area contributed by atoms with Gasteiger partial charge in [0.15, 0.2) is 0 Å². The molecule has 4 N–H and O–H groups in total. The molecule has 3 heteroatoms. The van der Waals surface area contributed by atoms with E-state index < -0.39 is 0 Å². The van der Waals surface area contributed by atoms with Gasteiger partial charge < -0.3 is 11.5 Å². The molecule has 2 nitrogen and oxygen atoms in total. The number of hydrogen-bond acceptors (Lipinski definition) is 2. The first-order chi connectivity index (χ1) is 10.2. The molecule has 1 atom stereocenters.